The Balaban J connectivity index is 1.73. The first kappa shape index (κ1) is 20.0. The van der Waals surface area contributed by atoms with E-state index in [1.54, 1.807) is 0 Å². The first-order chi connectivity index (χ1) is 13.0. The van der Waals surface area contributed by atoms with E-state index in [2.05, 4.69) is 26.0 Å². The molecule has 1 aromatic carbocycles. The average Bonchev–Trinajstić information content (AvgIpc) is 3.12. The Hall–Kier alpha value is -3.30. The van der Waals surface area contributed by atoms with E-state index in [0.29, 0.717) is 12.4 Å². The van der Waals surface area contributed by atoms with Gasteiger partial charge < -0.3 is 15.4 Å². The minimum absolute atomic E-state index is 0.166. The van der Waals surface area contributed by atoms with E-state index in [1.807, 2.05) is 38.1 Å². The minimum Gasteiger partial charge on any atom is -0.454 e. The largest absolute Gasteiger partial charge is 0.454 e. The van der Waals surface area contributed by atoms with Crippen LogP contribution in [0.3, 0.4) is 0 Å². The topological polar surface area (TPSA) is 128 Å². The number of nitrogens with zero attached hydrogens (tertiary/aromatic N) is 4. The summed E-state index contributed by atoms with van der Waals surface area (Å²) in [5.74, 6) is -1.17. The van der Waals surface area contributed by atoms with E-state index in [4.69, 9.17) is 4.74 Å². The van der Waals surface area contributed by atoms with Crippen molar-refractivity contribution in [1.82, 2.24) is 30.8 Å². The van der Waals surface area contributed by atoms with Gasteiger partial charge in [-0.3, -0.25) is 9.59 Å². The number of carbonyl (C=O) groups excluding carboxylic acids is 3. The van der Waals surface area contributed by atoms with Crippen LogP contribution in [0.15, 0.2) is 24.3 Å². The molecule has 0 aliphatic rings. The molecule has 27 heavy (non-hydrogen) atoms. The van der Waals surface area contributed by atoms with Gasteiger partial charge >= 0.3 is 5.97 Å². The first-order valence-electron chi connectivity index (χ1n) is 8.51. The summed E-state index contributed by atoms with van der Waals surface area (Å²) in [4.78, 5) is 35.8. The van der Waals surface area contributed by atoms with Crippen LogP contribution in [-0.2, 0) is 25.7 Å². The molecule has 0 saturated carbocycles. The summed E-state index contributed by atoms with van der Waals surface area (Å²) in [6.45, 7) is 3.51. The molecule has 2 N–H and O–H groups in total. The van der Waals surface area contributed by atoms with Crippen LogP contribution in [-0.4, -0.2) is 57.7 Å². The molecule has 0 atom stereocenters. The fourth-order valence-electron chi connectivity index (χ4n) is 1.99. The predicted octanol–water partition coefficient (Wildman–Crippen LogP) is -0.166. The summed E-state index contributed by atoms with van der Waals surface area (Å²) >= 11 is 0. The number of aromatic nitrogens is 4. The molecular formula is C17H22N6O4. The fraction of sp³-hybridized carbons (Fsp3) is 0.412. The number of amides is 2. The molecule has 0 radical (unpaired) electrons. The van der Waals surface area contributed by atoms with Crippen LogP contribution < -0.4 is 10.6 Å². The molecule has 10 nitrogen and oxygen atoms in total. The second kappa shape index (κ2) is 10.00. The third-order valence-electron chi connectivity index (χ3n) is 3.42. The number of aryl methyl sites for hydroxylation is 1. The van der Waals surface area contributed by atoms with Crippen LogP contribution in [0.4, 0.5) is 0 Å². The molecule has 2 amide bonds. The molecule has 0 aliphatic heterocycles. The highest BCUT2D eigenvalue weighted by atomic mass is 16.5. The van der Waals surface area contributed by atoms with Crippen molar-refractivity contribution in [3.63, 3.8) is 0 Å². The molecule has 2 aromatic rings. The SMILES string of the molecule is CCCNC(=O)CNC(=O)COC(=O)Cn1nnc(-c2ccc(C)cc2)n1. The van der Waals surface area contributed by atoms with Gasteiger partial charge in [0.2, 0.25) is 11.7 Å². The van der Waals surface area contributed by atoms with Gasteiger partial charge in [-0.05, 0) is 18.6 Å². The van der Waals surface area contributed by atoms with Gasteiger partial charge in [0.15, 0.2) is 13.2 Å². The van der Waals surface area contributed by atoms with Gasteiger partial charge in [0.25, 0.3) is 5.91 Å². The van der Waals surface area contributed by atoms with Gasteiger partial charge in [-0.15, -0.1) is 10.2 Å². The molecule has 1 aromatic heterocycles. The zero-order valence-electron chi connectivity index (χ0n) is 15.3. The van der Waals surface area contributed by atoms with Gasteiger partial charge in [-0.25, -0.2) is 4.79 Å². The molecule has 0 spiro atoms. The lowest BCUT2D eigenvalue weighted by atomic mass is 10.1. The van der Waals surface area contributed by atoms with Gasteiger partial charge in [-0.2, -0.15) is 4.80 Å². The fourth-order valence-corrected chi connectivity index (χ4v) is 1.99. The number of tetrazole rings is 1. The molecule has 1 heterocycles. The standard InChI is InChI=1S/C17H22N6O4/c1-3-8-18-14(24)9-19-15(25)11-27-16(26)10-23-21-17(20-22-23)13-6-4-12(2)5-7-13/h4-7H,3,8-11H2,1-2H3,(H,18,24)(H,19,25). The maximum absolute atomic E-state index is 11.8. The minimum atomic E-state index is -0.687. The van der Waals surface area contributed by atoms with E-state index in [0.717, 1.165) is 22.3 Å². The molecular weight excluding hydrogens is 352 g/mol. The van der Waals surface area contributed by atoms with E-state index in [9.17, 15) is 14.4 Å². The van der Waals surface area contributed by atoms with Crippen LogP contribution in [0.25, 0.3) is 11.4 Å². The number of rotatable bonds is 9. The van der Waals surface area contributed by atoms with Crippen LogP contribution in [0.2, 0.25) is 0 Å². The Morgan fingerprint density at radius 3 is 2.56 bits per heavy atom. The zero-order valence-corrected chi connectivity index (χ0v) is 15.3. The number of hydrogen-bond donors (Lipinski definition) is 2. The number of carbonyl (C=O) groups is 3. The lowest BCUT2D eigenvalue weighted by Gasteiger charge is -2.06. The monoisotopic (exact) mass is 374 g/mol. The summed E-state index contributed by atoms with van der Waals surface area (Å²) in [6.07, 6.45) is 0.805. The maximum Gasteiger partial charge on any atom is 0.330 e. The van der Waals surface area contributed by atoms with Crippen LogP contribution in [0.5, 0.6) is 0 Å². The smallest absolute Gasteiger partial charge is 0.330 e. The van der Waals surface area contributed by atoms with Crippen molar-refractivity contribution < 1.29 is 19.1 Å². The maximum atomic E-state index is 11.8. The summed E-state index contributed by atoms with van der Waals surface area (Å²) < 4.78 is 4.84. The lowest BCUT2D eigenvalue weighted by Crippen LogP contribution is -2.39. The third kappa shape index (κ3) is 6.84. The molecule has 0 saturated heterocycles. The Morgan fingerprint density at radius 2 is 1.85 bits per heavy atom. The van der Waals surface area contributed by atoms with Crippen molar-refractivity contribution >= 4 is 17.8 Å². The Morgan fingerprint density at radius 1 is 1.11 bits per heavy atom. The van der Waals surface area contributed by atoms with Crippen molar-refractivity contribution in [3.8, 4) is 11.4 Å². The van der Waals surface area contributed by atoms with E-state index >= 15 is 0 Å². The second-order valence-electron chi connectivity index (χ2n) is 5.80. The van der Waals surface area contributed by atoms with Gasteiger partial charge in [0, 0.05) is 12.1 Å². The van der Waals surface area contributed by atoms with Crippen LogP contribution in [0, 0.1) is 6.92 Å². The number of esters is 1. The molecule has 144 valence electrons. The summed E-state index contributed by atoms with van der Waals surface area (Å²) in [5.41, 5.74) is 1.89. The summed E-state index contributed by atoms with van der Waals surface area (Å²) in [7, 11) is 0. The van der Waals surface area contributed by atoms with Gasteiger partial charge in [0.1, 0.15) is 0 Å². The normalized spacial score (nSPS) is 10.3. The molecule has 0 aliphatic carbocycles. The highest BCUT2D eigenvalue weighted by Crippen LogP contribution is 2.13. The van der Waals surface area contributed by atoms with Crippen molar-refractivity contribution in [1.29, 1.82) is 0 Å². The Kier molecular flexibility index (Phi) is 7.41. The first-order valence-corrected chi connectivity index (χ1v) is 8.51. The highest BCUT2D eigenvalue weighted by molar-refractivity contribution is 5.86. The van der Waals surface area contributed by atoms with E-state index < -0.39 is 18.5 Å². The van der Waals surface area contributed by atoms with E-state index in [-0.39, 0.29) is 19.0 Å². The van der Waals surface area contributed by atoms with Crippen LogP contribution in [0.1, 0.15) is 18.9 Å². The number of nitrogens with one attached hydrogen (secondary N) is 2. The van der Waals surface area contributed by atoms with Gasteiger partial charge in [0.05, 0.1) is 6.54 Å². The quantitative estimate of drug-likeness (QED) is 0.583. The number of ether oxygens (including phenoxy) is 1. The predicted molar refractivity (Wildman–Crippen MR) is 95.3 cm³/mol. The summed E-state index contributed by atoms with van der Waals surface area (Å²) in [6, 6.07) is 7.56. The number of hydrogen-bond acceptors (Lipinski definition) is 7. The van der Waals surface area contributed by atoms with Crippen molar-refractivity contribution in [2.45, 2.75) is 26.8 Å². The average molecular weight is 374 g/mol. The number of benzene rings is 1. The van der Waals surface area contributed by atoms with Gasteiger partial charge in [-0.1, -0.05) is 36.8 Å². The summed E-state index contributed by atoms with van der Waals surface area (Å²) in [5, 5.41) is 16.8. The van der Waals surface area contributed by atoms with Crippen molar-refractivity contribution in [3.05, 3.63) is 29.8 Å². The molecule has 0 bridgehead atoms. The molecule has 2 rings (SSSR count). The molecule has 10 heteroatoms. The highest BCUT2D eigenvalue weighted by Gasteiger charge is 2.12. The molecule has 0 unspecified atom stereocenters. The van der Waals surface area contributed by atoms with Crippen molar-refractivity contribution in [2.24, 2.45) is 0 Å². The van der Waals surface area contributed by atoms with Crippen molar-refractivity contribution in [2.75, 3.05) is 19.7 Å². The second-order valence-corrected chi connectivity index (χ2v) is 5.80. The molecule has 0 fully saturated rings. The van der Waals surface area contributed by atoms with E-state index in [1.165, 1.54) is 0 Å². The Bertz CT molecular complexity index is 787. The third-order valence-corrected chi connectivity index (χ3v) is 3.42. The Labute approximate surface area is 156 Å². The zero-order chi connectivity index (χ0) is 19.6. The lowest BCUT2D eigenvalue weighted by molar-refractivity contribution is -0.149. The van der Waals surface area contributed by atoms with Crippen LogP contribution >= 0.6 is 0 Å².